The molecule has 0 unspecified atom stereocenters. The van der Waals surface area contributed by atoms with Gasteiger partial charge < -0.3 is 19.3 Å². The monoisotopic (exact) mass is 456 g/mol. The number of benzene rings is 1. The molecular weight excluding hydrogens is 424 g/mol. The molecule has 1 saturated heterocycles. The summed E-state index contributed by atoms with van der Waals surface area (Å²) in [6, 6.07) is 5.95. The number of hydrogen-bond acceptors (Lipinski definition) is 7. The van der Waals surface area contributed by atoms with E-state index in [4.69, 9.17) is 9.47 Å². The molecule has 2 amide bonds. The highest BCUT2D eigenvalue weighted by molar-refractivity contribution is 6.05. The molecule has 1 aromatic carbocycles. The van der Waals surface area contributed by atoms with Crippen LogP contribution in [0, 0.1) is 0 Å². The highest BCUT2D eigenvalue weighted by Gasteiger charge is 2.29. The fraction of sp³-hybridized carbons (Fsp3) is 0.583. The molecule has 0 aromatic heterocycles. The molecule has 9 heteroatoms. The first-order chi connectivity index (χ1) is 16.0. The standard InChI is InChI=1S/C24H32N4O5/c1-17(29)32-13-11-28(19-6-3-2-4-7-19)23(31)8-5-12-33-20-9-10-21-18(14-20)15-27-16-22(30)26-24(27)25-21/h9-10,14,19H,2-8,11-13,15-16H2,1H3,(H,25,26,30). The summed E-state index contributed by atoms with van der Waals surface area (Å²) in [4.78, 5) is 43.9. The molecule has 0 radical (unpaired) electrons. The number of fused-ring (bicyclic) bond motifs is 2. The molecule has 1 N–H and O–H groups in total. The third-order valence-electron chi connectivity index (χ3n) is 6.30. The molecule has 0 atom stereocenters. The number of nitrogens with one attached hydrogen (secondary N) is 1. The Bertz CT molecular complexity index is 925. The van der Waals surface area contributed by atoms with E-state index >= 15 is 0 Å². The quantitative estimate of drug-likeness (QED) is 0.453. The molecule has 2 fully saturated rings. The Morgan fingerprint density at radius 1 is 1.18 bits per heavy atom. The minimum atomic E-state index is -0.320. The van der Waals surface area contributed by atoms with Crippen LogP contribution in [0.15, 0.2) is 23.2 Å². The second kappa shape index (κ2) is 10.7. The van der Waals surface area contributed by atoms with Gasteiger partial charge in [0.05, 0.1) is 18.8 Å². The van der Waals surface area contributed by atoms with Crippen molar-refractivity contribution < 1.29 is 23.9 Å². The van der Waals surface area contributed by atoms with Gasteiger partial charge in [-0.15, -0.1) is 0 Å². The third-order valence-corrected chi connectivity index (χ3v) is 6.30. The Morgan fingerprint density at radius 3 is 2.79 bits per heavy atom. The van der Waals surface area contributed by atoms with Gasteiger partial charge in [-0.2, -0.15) is 0 Å². The van der Waals surface area contributed by atoms with Crippen LogP contribution in [0.2, 0.25) is 0 Å². The van der Waals surface area contributed by atoms with E-state index < -0.39 is 0 Å². The van der Waals surface area contributed by atoms with Crippen molar-refractivity contribution >= 4 is 29.4 Å². The Balaban J connectivity index is 1.26. The van der Waals surface area contributed by atoms with Crippen LogP contribution in [-0.2, 0) is 25.7 Å². The van der Waals surface area contributed by atoms with Crippen molar-refractivity contribution in [3.8, 4) is 5.75 Å². The van der Waals surface area contributed by atoms with Crippen LogP contribution in [0.3, 0.4) is 0 Å². The van der Waals surface area contributed by atoms with Crippen LogP contribution in [0.1, 0.15) is 57.4 Å². The number of nitrogens with zero attached hydrogens (tertiary/aromatic N) is 3. The zero-order valence-corrected chi connectivity index (χ0v) is 19.2. The molecule has 2 heterocycles. The third kappa shape index (κ3) is 6.03. The van der Waals surface area contributed by atoms with E-state index in [2.05, 4.69) is 10.3 Å². The lowest BCUT2D eigenvalue weighted by molar-refractivity contribution is -0.144. The number of esters is 1. The number of amides is 2. The predicted octanol–water partition coefficient (Wildman–Crippen LogP) is 2.50. The normalized spacial score (nSPS) is 17.5. The number of guanidine groups is 1. The summed E-state index contributed by atoms with van der Waals surface area (Å²) >= 11 is 0. The van der Waals surface area contributed by atoms with Crippen LogP contribution in [-0.4, -0.2) is 65.9 Å². The van der Waals surface area contributed by atoms with Crippen LogP contribution >= 0.6 is 0 Å². The fourth-order valence-corrected chi connectivity index (χ4v) is 4.68. The molecule has 1 aromatic rings. The van der Waals surface area contributed by atoms with Gasteiger partial charge in [0, 0.05) is 31.5 Å². The molecule has 1 aliphatic carbocycles. The van der Waals surface area contributed by atoms with Crippen molar-refractivity contribution in [2.24, 2.45) is 4.99 Å². The average molecular weight is 457 g/mol. The SMILES string of the molecule is CC(=O)OCCN(C(=O)CCCOc1ccc2c(c1)CN1CC(=O)NC1=N2)C1CCCCC1. The minimum absolute atomic E-state index is 0.0437. The molecule has 33 heavy (non-hydrogen) atoms. The van der Waals surface area contributed by atoms with E-state index in [0.717, 1.165) is 42.7 Å². The van der Waals surface area contributed by atoms with Crippen molar-refractivity contribution in [2.75, 3.05) is 26.3 Å². The van der Waals surface area contributed by atoms with Crippen LogP contribution in [0.5, 0.6) is 5.75 Å². The first kappa shape index (κ1) is 23.1. The summed E-state index contributed by atoms with van der Waals surface area (Å²) < 4.78 is 11.0. The van der Waals surface area contributed by atoms with E-state index in [-0.39, 0.29) is 30.4 Å². The first-order valence-corrected chi connectivity index (χ1v) is 11.8. The molecule has 178 valence electrons. The largest absolute Gasteiger partial charge is 0.494 e. The van der Waals surface area contributed by atoms with Gasteiger partial charge in [-0.05, 0) is 37.5 Å². The van der Waals surface area contributed by atoms with Gasteiger partial charge in [0.1, 0.15) is 18.9 Å². The molecule has 1 saturated carbocycles. The summed E-state index contributed by atoms with van der Waals surface area (Å²) in [5.74, 6) is 1.07. The summed E-state index contributed by atoms with van der Waals surface area (Å²) in [6.07, 6.45) is 6.53. The van der Waals surface area contributed by atoms with Crippen molar-refractivity contribution in [1.29, 1.82) is 0 Å². The van der Waals surface area contributed by atoms with Gasteiger partial charge in [0.25, 0.3) is 0 Å². The van der Waals surface area contributed by atoms with Crippen LogP contribution < -0.4 is 10.1 Å². The van der Waals surface area contributed by atoms with Gasteiger partial charge in [-0.3, -0.25) is 19.7 Å². The zero-order chi connectivity index (χ0) is 23.2. The highest BCUT2D eigenvalue weighted by atomic mass is 16.5. The average Bonchev–Trinajstić information content (AvgIpc) is 3.16. The van der Waals surface area contributed by atoms with Gasteiger partial charge in [-0.25, -0.2) is 4.99 Å². The predicted molar refractivity (Wildman–Crippen MR) is 122 cm³/mol. The molecule has 4 rings (SSSR count). The first-order valence-electron chi connectivity index (χ1n) is 11.8. The second-order valence-electron chi connectivity index (χ2n) is 8.80. The van der Waals surface area contributed by atoms with Gasteiger partial charge >= 0.3 is 5.97 Å². The summed E-state index contributed by atoms with van der Waals surface area (Å²) in [5, 5.41) is 2.76. The maximum atomic E-state index is 12.9. The molecule has 0 spiro atoms. The number of carbonyl (C=O) groups is 3. The summed E-state index contributed by atoms with van der Waals surface area (Å²) in [6.45, 7) is 3.45. The molecule has 9 nitrogen and oxygen atoms in total. The number of hydrogen-bond donors (Lipinski definition) is 1. The lowest BCUT2D eigenvalue weighted by Crippen LogP contribution is -2.43. The van der Waals surface area contributed by atoms with E-state index in [1.807, 2.05) is 28.0 Å². The van der Waals surface area contributed by atoms with Gasteiger partial charge in [0.2, 0.25) is 17.8 Å². The molecular formula is C24H32N4O5. The lowest BCUT2D eigenvalue weighted by atomic mass is 9.94. The highest BCUT2D eigenvalue weighted by Crippen LogP contribution is 2.30. The van der Waals surface area contributed by atoms with E-state index in [1.165, 1.54) is 13.3 Å². The van der Waals surface area contributed by atoms with Crippen molar-refractivity contribution in [3.63, 3.8) is 0 Å². The van der Waals surface area contributed by atoms with E-state index in [0.29, 0.717) is 45.0 Å². The van der Waals surface area contributed by atoms with Crippen molar-refractivity contribution in [1.82, 2.24) is 15.1 Å². The summed E-state index contributed by atoms with van der Waals surface area (Å²) in [5.41, 5.74) is 1.85. The zero-order valence-electron chi connectivity index (χ0n) is 19.2. The number of carbonyl (C=O) groups excluding carboxylic acids is 3. The Labute approximate surface area is 194 Å². The lowest BCUT2D eigenvalue weighted by Gasteiger charge is -2.34. The fourth-order valence-electron chi connectivity index (χ4n) is 4.68. The maximum Gasteiger partial charge on any atom is 0.302 e. The Kier molecular flexibility index (Phi) is 7.47. The van der Waals surface area contributed by atoms with E-state index in [1.54, 1.807) is 0 Å². The summed E-state index contributed by atoms with van der Waals surface area (Å²) in [7, 11) is 0. The second-order valence-corrected chi connectivity index (χ2v) is 8.80. The molecule has 3 aliphatic rings. The number of ether oxygens (including phenoxy) is 2. The number of rotatable bonds is 9. The van der Waals surface area contributed by atoms with Crippen LogP contribution in [0.25, 0.3) is 0 Å². The van der Waals surface area contributed by atoms with E-state index in [9.17, 15) is 14.4 Å². The smallest absolute Gasteiger partial charge is 0.302 e. The van der Waals surface area contributed by atoms with Gasteiger partial charge in [0.15, 0.2) is 0 Å². The maximum absolute atomic E-state index is 12.9. The van der Waals surface area contributed by atoms with Gasteiger partial charge in [-0.1, -0.05) is 19.3 Å². The number of aliphatic imine (C=N–C) groups is 1. The molecule has 0 bridgehead atoms. The Hall–Kier alpha value is -3.10. The van der Waals surface area contributed by atoms with Crippen molar-refractivity contribution in [2.45, 2.75) is 64.5 Å². The minimum Gasteiger partial charge on any atom is -0.494 e. The Morgan fingerprint density at radius 2 is 2.00 bits per heavy atom. The molecule has 2 aliphatic heterocycles. The topological polar surface area (TPSA) is 101 Å². The van der Waals surface area contributed by atoms with Crippen molar-refractivity contribution in [3.05, 3.63) is 23.8 Å². The van der Waals surface area contributed by atoms with Crippen LogP contribution in [0.4, 0.5) is 5.69 Å².